The molecule has 0 saturated heterocycles. The zero-order chi connectivity index (χ0) is 15.9. The van der Waals surface area contributed by atoms with Crippen molar-refractivity contribution in [3.63, 3.8) is 0 Å². The molecule has 0 radical (unpaired) electrons. The average Bonchev–Trinajstić information content (AvgIpc) is 2.52. The van der Waals surface area contributed by atoms with Gasteiger partial charge in [-0.2, -0.15) is 0 Å². The normalized spacial score (nSPS) is 22.2. The number of aliphatic carboxylic acids is 1. The average molecular weight is 304 g/mol. The molecule has 0 heterocycles. The second kappa shape index (κ2) is 8.30. The van der Waals surface area contributed by atoms with Gasteiger partial charge in [-0.1, -0.05) is 43.2 Å². The molecule has 2 rings (SSSR count). The monoisotopic (exact) mass is 304 g/mol. The number of hydrogen-bond donors (Lipinski definition) is 2. The van der Waals surface area contributed by atoms with Gasteiger partial charge in [0.15, 0.2) is 0 Å². The quantitative estimate of drug-likeness (QED) is 0.813. The van der Waals surface area contributed by atoms with Gasteiger partial charge in [0.1, 0.15) is 0 Å². The van der Waals surface area contributed by atoms with Gasteiger partial charge in [-0.25, -0.2) is 0 Å². The molecule has 4 nitrogen and oxygen atoms in total. The smallest absolute Gasteiger partial charge is 0.317 e. The van der Waals surface area contributed by atoms with Crippen LogP contribution in [0.5, 0.6) is 0 Å². The Hall–Kier alpha value is -1.39. The third kappa shape index (κ3) is 4.82. The van der Waals surface area contributed by atoms with Crippen molar-refractivity contribution in [1.29, 1.82) is 0 Å². The number of rotatable bonds is 7. The standard InChI is InChI=1S/C18H28N2O2/c1-14(2)20(13-15-8-4-3-5-9-15)17-11-7-6-10-16(17)19-12-18(21)22/h3-5,8-9,14,16-17,19H,6-7,10-13H2,1-2H3,(H,21,22)/t16-,17+/m0/s1. The fourth-order valence-electron chi connectivity index (χ4n) is 3.44. The van der Waals surface area contributed by atoms with Gasteiger partial charge in [0.25, 0.3) is 0 Å². The van der Waals surface area contributed by atoms with Crippen LogP contribution >= 0.6 is 0 Å². The first-order valence-electron chi connectivity index (χ1n) is 8.32. The Morgan fingerprint density at radius 1 is 1.27 bits per heavy atom. The van der Waals surface area contributed by atoms with Crippen molar-refractivity contribution in [1.82, 2.24) is 10.2 Å². The van der Waals surface area contributed by atoms with Gasteiger partial charge < -0.3 is 10.4 Å². The van der Waals surface area contributed by atoms with Crippen LogP contribution in [0, 0.1) is 0 Å². The van der Waals surface area contributed by atoms with E-state index in [1.807, 2.05) is 6.07 Å². The summed E-state index contributed by atoms with van der Waals surface area (Å²) in [7, 11) is 0. The van der Waals surface area contributed by atoms with E-state index < -0.39 is 5.97 Å². The minimum Gasteiger partial charge on any atom is -0.480 e. The molecule has 1 aliphatic rings. The van der Waals surface area contributed by atoms with Crippen LogP contribution in [-0.2, 0) is 11.3 Å². The topological polar surface area (TPSA) is 52.6 Å². The summed E-state index contributed by atoms with van der Waals surface area (Å²) in [5.74, 6) is -0.775. The van der Waals surface area contributed by atoms with E-state index in [-0.39, 0.29) is 12.6 Å². The lowest BCUT2D eigenvalue weighted by Gasteiger charge is -2.42. The number of nitrogens with zero attached hydrogens (tertiary/aromatic N) is 1. The number of benzene rings is 1. The van der Waals surface area contributed by atoms with Crippen molar-refractivity contribution >= 4 is 5.97 Å². The van der Waals surface area contributed by atoms with E-state index in [0.717, 1.165) is 19.4 Å². The summed E-state index contributed by atoms with van der Waals surface area (Å²) in [5.41, 5.74) is 1.32. The fourth-order valence-corrected chi connectivity index (χ4v) is 3.44. The first-order chi connectivity index (χ1) is 10.6. The van der Waals surface area contributed by atoms with E-state index in [0.29, 0.717) is 12.1 Å². The summed E-state index contributed by atoms with van der Waals surface area (Å²) >= 11 is 0. The third-order valence-electron chi connectivity index (χ3n) is 4.54. The molecule has 1 aromatic carbocycles. The van der Waals surface area contributed by atoms with Gasteiger partial charge in [-0.15, -0.1) is 0 Å². The summed E-state index contributed by atoms with van der Waals surface area (Å²) in [6, 6.07) is 11.7. The largest absolute Gasteiger partial charge is 0.480 e. The highest BCUT2D eigenvalue weighted by Crippen LogP contribution is 2.26. The van der Waals surface area contributed by atoms with Gasteiger partial charge in [0, 0.05) is 24.7 Å². The molecule has 0 aliphatic heterocycles. The van der Waals surface area contributed by atoms with Crippen LogP contribution in [0.1, 0.15) is 45.1 Å². The molecule has 22 heavy (non-hydrogen) atoms. The van der Waals surface area contributed by atoms with Gasteiger partial charge in [-0.05, 0) is 32.3 Å². The maximum atomic E-state index is 10.9. The Kier molecular flexibility index (Phi) is 6.40. The molecule has 1 aromatic rings. The maximum absolute atomic E-state index is 10.9. The highest BCUT2D eigenvalue weighted by molar-refractivity contribution is 5.69. The van der Waals surface area contributed by atoms with E-state index in [4.69, 9.17) is 5.11 Å². The predicted octanol–water partition coefficient (Wildman–Crippen LogP) is 2.88. The van der Waals surface area contributed by atoms with Gasteiger partial charge in [0.2, 0.25) is 0 Å². The molecule has 1 fully saturated rings. The molecule has 2 N–H and O–H groups in total. The molecular formula is C18H28N2O2. The minimum atomic E-state index is -0.775. The van der Waals surface area contributed by atoms with Crippen molar-refractivity contribution in [3.05, 3.63) is 35.9 Å². The van der Waals surface area contributed by atoms with Crippen LogP contribution in [0.25, 0.3) is 0 Å². The molecule has 1 aliphatic carbocycles. The maximum Gasteiger partial charge on any atom is 0.317 e. The zero-order valence-corrected chi connectivity index (χ0v) is 13.7. The van der Waals surface area contributed by atoms with E-state index >= 15 is 0 Å². The second-order valence-corrected chi connectivity index (χ2v) is 6.48. The number of carboxylic acids is 1. The highest BCUT2D eigenvalue weighted by atomic mass is 16.4. The molecule has 0 aromatic heterocycles. The summed E-state index contributed by atoms with van der Waals surface area (Å²) in [6.07, 6.45) is 4.62. The molecule has 4 heteroatoms. The lowest BCUT2D eigenvalue weighted by molar-refractivity contribution is -0.136. The Bertz CT molecular complexity index is 461. The molecule has 0 bridgehead atoms. The predicted molar refractivity (Wildman–Crippen MR) is 88.8 cm³/mol. The third-order valence-corrected chi connectivity index (χ3v) is 4.54. The number of nitrogens with one attached hydrogen (secondary N) is 1. The molecule has 1 saturated carbocycles. The van der Waals surface area contributed by atoms with E-state index in [1.54, 1.807) is 0 Å². The Morgan fingerprint density at radius 3 is 2.59 bits per heavy atom. The number of hydrogen-bond acceptors (Lipinski definition) is 3. The minimum absolute atomic E-state index is 0.0540. The van der Waals surface area contributed by atoms with Crippen molar-refractivity contribution in [2.24, 2.45) is 0 Å². The first kappa shape index (κ1) is 17.0. The second-order valence-electron chi connectivity index (χ2n) is 6.48. The molecule has 0 unspecified atom stereocenters. The Balaban J connectivity index is 2.08. The van der Waals surface area contributed by atoms with Gasteiger partial charge in [0.05, 0.1) is 6.54 Å². The van der Waals surface area contributed by atoms with E-state index in [1.165, 1.54) is 18.4 Å². The van der Waals surface area contributed by atoms with Crippen molar-refractivity contribution in [2.75, 3.05) is 6.54 Å². The van der Waals surface area contributed by atoms with E-state index in [2.05, 4.69) is 48.3 Å². The fraction of sp³-hybridized carbons (Fsp3) is 0.611. The van der Waals surface area contributed by atoms with E-state index in [9.17, 15) is 4.79 Å². The van der Waals surface area contributed by atoms with Crippen LogP contribution in [0.2, 0.25) is 0 Å². The van der Waals surface area contributed by atoms with Crippen LogP contribution in [-0.4, -0.2) is 40.6 Å². The highest BCUT2D eigenvalue weighted by Gasteiger charge is 2.31. The van der Waals surface area contributed by atoms with Gasteiger partial charge in [-0.3, -0.25) is 9.69 Å². The van der Waals surface area contributed by atoms with Crippen molar-refractivity contribution < 1.29 is 9.90 Å². The summed E-state index contributed by atoms with van der Waals surface area (Å²) in [6.45, 7) is 5.43. The molecular weight excluding hydrogens is 276 g/mol. The first-order valence-corrected chi connectivity index (χ1v) is 8.32. The van der Waals surface area contributed by atoms with Crippen LogP contribution in [0.15, 0.2) is 30.3 Å². The molecule has 122 valence electrons. The van der Waals surface area contributed by atoms with Crippen LogP contribution in [0.4, 0.5) is 0 Å². The zero-order valence-electron chi connectivity index (χ0n) is 13.7. The summed E-state index contributed by atoms with van der Waals surface area (Å²) < 4.78 is 0. The number of carbonyl (C=O) groups is 1. The lowest BCUT2D eigenvalue weighted by Crippen LogP contribution is -2.54. The Labute approximate surface area is 133 Å². The lowest BCUT2D eigenvalue weighted by atomic mass is 9.88. The SMILES string of the molecule is CC(C)N(Cc1ccccc1)[C@@H]1CCCC[C@@H]1NCC(=O)O. The van der Waals surface area contributed by atoms with Crippen LogP contribution in [0.3, 0.4) is 0 Å². The van der Waals surface area contributed by atoms with Crippen molar-refractivity contribution in [2.45, 2.75) is 64.2 Å². The van der Waals surface area contributed by atoms with Crippen molar-refractivity contribution in [3.8, 4) is 0 Å². The van der Waals surface area contributed by atoms with Crippen LogP contribution < -0.4 is 5.32 Å². The summed E-state index contributed by atoms with van der Waals surface area (Å²) in [4.78, 5) is 13.4. The molecule has 0 spiro atoms. The van der Waals surface area contributed by atoms with Gasteiger partial charge >= 0.3 is 5.97 Å². The molecule has 0 amide bonds. The summed E-state index contributed by atoms with van der Waals surface area (Å²) in [5, 5.41) is 12.2. The molecule has 2 atom stereocenters. The number of carboxylic acid groups (broad SMARTS) is 1. The Morgan fingerprint density at radius 2 is 1.95 bits per heavy atom.